The molecule has 1 atom stereocenters. The van der Waals surface area contributed by atoms with Crippen LogP contribution < -0.4 is 5.56 Å². The van der Waals surface area contributed by atoms with Crippen LogP contribution in [0.3, 0.4) is 0 Å². The number of aliphatic hydroxyl groups excluding tert-OH is 1. The predicted molar refractivity (Wildman–Crippen MR) is 120 cm³/mol. The second kappa shape index (κ2) is 8.41. The fraction of sp³-hybridized carbons (Fsp3) is 0.304. The zero-order valence-electron chi connectivity index (χ0n) is 16.4. The Balaban J connectivity index is 1.54. The van der Waals surface area contributed by atoms with Crippen molar-refractivity contribution >= 4 is 33.3 Å². The Bertz CT molecular complexity index is 1210. The van der Waals surface area contributed by atoms with E-state index in [2.05, 4.69) is 0 Å². The number of thiophene rings is 1. The van der Waals surface area contributed by atoms with Crippen molar-refractivity contribution in [2.75, 3.05) is 5.75 Å². The average molecular weight is 439 g/mol. The minimum Gasteiger partial charge on any atom is -0.467 e. The number of aromatic nitrogens is 2. The molecule has 1 aliphatic rings. The van der Waals surface area contributed by atoms with Gasteiger partial charge in [0.15, 0.2) is 5.16 Å². The van der Waals surface area contributed by atoms with E-state index in [0.29, 0.717) is 23.2 Å². The second-order valence-electron chi connectivity index (χ2n) is 7.49. The lowest BCUT2D eigenvalue weighted by Gasteiger charge is -2.14. The number of furan rings is 1. The number of nitrogens with zero attached hydrogens (tertiary/aromatic N) is 2. The standard InChI is InChI=1S/C23H22N2O3S2/c26-18(15-7-2-1-3-8-15)14-29-23-24-21-20(17-10-4-5-11-19(17)30-21)22(27)25(23)13-16-9-6-12-28-16/h1-3,6-9,12,18,26H,4-5,10-11,13-14H2. The van der Waals surface area contributed by atoms with Crippen LogP contribution in [-0.2, 0) is 19.4 Å². The van der Waals surface area contributed by atoms with Crippen LogP contribution in [0.2, 0.25) is 0 Å². The van der Waals surface area contributed by atoms with Gasteiger partial charge in [0, 0.05) is 10.6 Å². The first-order valence-corrected chi connectivity index (χ1v) is 11.9. The van der Waals surface area contributed by atoms with Crippen molar-refractivity contribution in [2.24, 2.45) is 0 Å². The Labute approximate surface area is 182 Å². The predicted octanol–water partition coefficient (Wildman–Crippen LogP) is 4.80. The van der Waals surface area contributed by atoms with Crippen molar-refractivity contribution in [3.63, 3.8) is 0 Å². The molecule has 1 aliphatic carbocycles. The van der Waals surface area contributed by atoms with Gasteiger partial charge in [-0.1, -0.05) is 42.1 Å². The number of hydrogen-bond acceptors (Lipinski definition) is 6. The van der Waals surface area contributed by atoms with Crippen molar-refractivity contribution in [3.05, 3.63) is 80.8 Å². The summed E-state index contributed by atoms with van der Waals surface area (Å²) in [5.74, 6) is 1.14. The molecule has 0 spiro atoms. The number of hydrogen-bond donors (Lipinski definition) is 1. The summed E-state index contributed by atoms with van der Waals surface area (Å²) in [6.07, 6.45) is 5.26. The Kier molecular flexibility index (Phi) is 5.50. The number of rotatable bonds is 6. The van der Waals surface area contributed by atoms with Crippen molar-refractivity contribution in [3.8, 4) is 0 Å². The summed E-state index contributed by atoms with van der Waals surface area (Å²) in [4.78, 5) is 20.5. The summed E-state index contributed by atoms with van der Waals surface area (Å²) >= 11 is 3.07. The lowest BCUT2D eigenvalue weighted by molar-refractivity contribution is 0.204. The van der Waals surface area contributed by atoms with E-state index in [4.69, 9.17) is 9.40 Å². The fourth-order valence-corrected chi connectivity index (χ4v) is 6.22. The highest BCUT2D eigenvalue weighted by atomic mass is 32.2. The summed E-state index contributed by atoms with van der Waals surface area (Å²) in [6, 6.07) is 13.3. The maximum Gasteiger partial charge on any atom is 0.263 e. The first-order chi connectivity index (χ1) is 14.7. The van der Waals surface area contributed by atoms with E-state index in [0.717, 1.165) is 35.0 Å². The van der Waals surface area contributed by atoms with Gasteiger partial charge in [-0.05, 0) is 48.9 Å². The molecule has 154 valence electrons. The Morgan fingerprint density at radius 1 is 1.17 bits per heavy atom. The van der Waals surface area contributed by atoms with E-state index in [-0.39, 0.29) is 5.56 Å². The summed E-state index contributed by atoms with van der Waals surface area (Å²) < 4.78 is 7.20. The minimum atomic E-state index is -0.627. The number of benzene rings is 1. The van der Waals surface area contributed by atoms with E-state index in [1.807, 2.05) is 42.5 Å². The van der Waals surface area contributed by atoms with Crippen LogP contribution >= 0.6 is 23.1 Å². The third kappa shape index (κ3) is 3.73. The summed E-state index contributed by atoms with van der Waals surface area (Å²) in [6.45, 7) is 0.336. The minimum absolute atomic E-state index is 0.00694. The normalized spacial score (nSPS) is 14.7. The lowest BCUT2D eigenvalue weighted by atomic mass is 9.97. The first kappa shape index (κ1) is 19.6. The molecule has 1 aromatic carbocycles. The van der Waals surface area contributed by atoms with Crippen molar-refractivity contribution < 1.29 is 9.52 Å². The van der Waals surface area contributed by atoms with Gasteiger partial charge in [0.2, 0.25) is 0 Å². The summed E-state index contributed by atoms with van der Waals surface area (Å²) in [5, 5.41) is 12.0. The molecule has 3 heterocycles. The van der Waals surface area contributed by atoms with Gasteiger partial charge in [-0.2, -0.15) is 0 Å². The molecule has 0 bridgehead atoms. The topological polar surface area (TPSA) is 68.3 Å². The smallest absolute Gasteiger partial charge is 0.263 e. The van der Waals surface area contributed by atoms with Crippen LogP contribution in [0.5, 0.6) is 0 Å². The molecule has 30 heavy (non-hydrogen) atoms. The third-order valence-electron chi connectivity index (χ3n) is 5.49. The lowest BCUT2D eigenvalue weighted by Crippen LogP contribution is -2.24. The highest BCUT2D eigenvalue weighted by Gasteiger charge is 2.23. The first-order valence-electron chi connectivity index (χ1n) is 10.1. The molecule has 0 radical (unpaired) electrons. The SMILES string of the molecule is O=c1c2c3c(sc2nc(SCC(O)c2ccccc2)n1Cc1ccco1)CCCC3. The van der Waals surface area contributed by atoms with Gasteiger partial charge in [0.25, 0.3) is 5.56 Å². The molecule has 5 rings (SSSR count). The Morgan fingerprint density at radius 3 is 2.80 bits per heavy atom. The van der Waals surface area contributed by atoms with Gasteiger partial charge < -0.3 is 9.52 Å². The second-order valence-corrected chi connectivity index (χ2v) is 9.56. The molecule has 0 fully saturated rings. The van der Waals surface area contributed by atoms with Crippen LogP contribution in [0.15, 0.2) is 63.1 Å². The highest BCUT2D eigenvalue weighted by Crippen LogP contribution is 2.35. The third-order valence-corrected chi connectivity index (χ3v) is 7.73. The summed E-state index contributed by atoms with van der Waals surface area (Å²) in [7, 11) is 0. The molecule has 0 saturated carbocycles. The van der Waals surface area contributed by atoms with Gasteiger partial charge in [-0.25, -0.2) is 4.98 Å². The number of aliphatic hydroxyl groups is 1. The Morgan fingerprint density at radius 2 is 2.00 bits per heavy atom. The number of aryl methyl sites for hydroxylation is 2. The van der Waals surface area contributed by atoms with Crippen molar-refractivity contribution in [1.29, 1.82) is 0 Å². The average Bonchev–Trinajstić information content (AvgIpc) is 3.42. The molecule has 1 unspecified atom stereocenters. The van der Waals surface area contributed by atoms with E-state index in [1.165, 1.54) is 28.6 Å². The molecule has 7 heteroatoms. The van der Waals surface area contributed by atoms with E-state index >= 15 is 0 Å². The van der Waals surface area contributed by atoms with Crippen molar-refractivity contribution in [2.45, 2.75) is 43.5 Å². The molecule has 4 aromatic rings. The molecule has 1 N–H and O–H groups in total. The van der Waals surface area contributed by atoms with Gasteiger partial charge >= 0.3 is 0 Å². The van der Waals surface area contributed by atoms with E-state index in [9.17, 15) is 9.90 Å². The van der Waals surface area contributed by atoms with Crippen LogP contribution in [0.4, 0.5) is 0 Å². The van der Waals surface area contributed by atoms with E-state index in [1.54, 1.807) is 22.2 Å². The number of fused-ring (bicyclic) bond motifs is 3. The van der Waals surface area contributed by atoms with Crippen LogP contribution in [-0.4, -0.2) is 20.4 Å². The fourth-order valence-electron chi connectivity index (χ4n) is 3.95. The van der Waals surface area contributed by atoms with Gasteiger partial charge in [-0.15, -0.1) is 11.3 Å². The Hall–Kier alpha value is -2.35. The van der Waals surface area contributed by atoms with Gasteiger partial charge in [-0.3, -0.25) is 9.36 Å². The quantitative estimate of drug-likeness (QED) is 0.346. The molecular weight excluding hydrogens is 416 g/mol. The summed E-state index contributed by atoms with van der Waals surface area (Å²) in [5.41, 5.74) is 2.04. The highest BCUT2D eigenvalue weighted by molar-refractivity contribution is 7.99. The van der Waals surface area contributed by atoms with Crippen molar-refractivity contribution in [1.82, 2.24) is 9.55 Å². The molecule has 5 nitrogen and oxygen atoms in total. The van der Waals surface area contributed by atoms with Crippen LogP contribution in [0.25, 0.3) is 10.2 Å². The zero-order valence-corrected chi connectivity index (χ0v) is 18.0. The maximum absolute atomic E-state index is 13.5. The molecular formula is C23H22N2O3S2. The molecule has 3 aromatic heterocycles. The maximum atomic E-state index is 13.5. The monoisotopic (exact) mass is 438 g/mol. The molecule has 0 aliphatic heterocycles. The zero-order chi connectivity index (χ0) is 20.5. The van der Waals surface area contributed by atoms with Crippen LogP contribution in [0, 0.1) is 0 Å². The molecule has 0 amide bonds. The van der Waals surface area contributed by atoms with Crippen LogP contribution in [0.1, 0.15) is 40.7 Å². The number of thioether (sulfide) groups is 1. The molecule has 0 saturated heterocycles. The van der Waals surface area contributed by atoms with Gasteiger partial charge in [0.05, 0.1) is 24.3 Å². The largest absolute Gasteiger partial charge is 0.467 e. The van der Waals surface area contributed by atoms with Gasteiger partial charge in [0.1, 0.15) is 10.6 Å². The van der Waals surface area contributed by atoms with E-state index < -0.39 is 6.10 Å².